The Bertz CT molecular complexity index is 346. The summed E-state index contributed by atoms with van der Waals surface area (Å²) >= 11 is 1.83. The lowest BCUT2D eigenvalue weighted by Crippen LogP contribution is -2.21. The van der Waals surface area contributed by atoms with Gasteiger partial charge in [0.1, 0.15) is 11.6 Å². The van der Waals surface area contributed by atoms with Crippen molar-refractivity contribution in [2.75, 3.05) is 25.7 Å². The number of rotatable bonds is 7. The first-order chi connectivity index (χ1) is 8.19. The van der Waals surface area contributed by atoms with Gasteiger partial charge in [-0.1, -0.05) is 6.07 Å². The average molecular weight is 257 g/mol. The quantitative estimate of drug-likeness (QED) is 0.758. The molecule has 96 valence electrons. The van der Waals surface area contributed by atoms with Gasteiger partial charge in [-0.3, -0.25) is 0 Å². The van der Waals surface area contributed by atoms with Gasteiger partial charge in [-0.2, -0.15) is 11.8 Å². The van der Waals surface area contributed by atoms with E-state index < -0.39 is 0 Å². The van der Waals surface area contributed by atoms with Crippen LogP contribution in [0.1, 0.15) is 24.9 Å². The number of thioether (sulfide) groups is 1. The summed E-state index contributed by atoms with van der Waals surface area (Å²) in [5, 5.41) is 3.32. The van der Waals surface area contributed by atoms with E-state index in [2.05, 4.69) is 11.6 Å². The molecule has 1 atom stereocenters. The van der Waals surface area contributed by atoms with Crippen LogP contribution in [0.25, 0.3) is 0 Å². The summed E-state index contributed by atoms with van der Waals surface area (Å²) in [6.45, 7) is 2.89. The Hall–Kier alpha value is -0.740. The molecule has 0 aliphatic heterocycles. The van der Waals surface area contributed by atoms with Gasteiger partial charge in [-0.05, 0) is 38.0 Å². The van der Waals surface area contributed by atoms with Gasteiger partial charge in [-0.15, -0.1) is 0 Å². The lowest BCUT2D eigenvalue weighted by Gasteiger charge is -2.15. The predicted molar refractivity (Wildman–Crippen MR) is 72.4 cm³/mol. The van der Waals surface area contributed by atoms with Gasteiger partial charge in [0.15, 0.2) is 0 Å². The monoisotopic (exact) mass is 257 g/mol. The maximum Gasteiger partial charge on any atom is 0.131 e. The van der Waals surface area contributed by atoms with E-state index in [1.54, 1.807) is 19.2 Å². The summed E-state index contributed by atoms with van der Waals surface area (Å²) in [6.07, 6.45) is 3.19. The SMILES string of the molecule is COc1ccc(C(C)NCCCSC)c(F)c1. The predicted octanol–water partition coefficient (Wildman–Crippen LogP) is 3.24. The molecule has 1 unspecified atom stereocenters. The topological polar surface area (TPSA) is 21.3 Å². The van der Waals surface area contributed by atoms with Crippen molar-refractivity contribution < 1.29 is 9.13 Å². The van der Waals surface area contributed by atoms with Crippen LogP contribution < -0.4 is 10.1 Å². The second kappa shape index (κ2) is 7.56. The highest BCUT2D eigenvalue weighted by atomic mass is 32.2. The maximum absolute atomic E-state index is 13.7. The number of halogens is 1. The fourth-order valence-corrected chi connectivity index (χ4v) is 2.06. The molecule has 17 heavy (non-hydrogen) atoms. The number of hydrogen-bond donors (Lipinski definition) is 1. The molecule has 1 aromatic carbocycles. The zero-order chi connectivity index (χ0) is 12.7. The van der Waals surface area contributed by atoms with Crippen LogP contribution in [-0.4, -0.2) is 25.7 Å². The molecule has 4 heteroatoms. The first-order valence-corrected chi connectivity index (χ1v) is 7.14. The van der Waals surface area contributed by atoms with E-state index in [0.717, 1.165) is 18.7 Å². The summed E-state index contributed by atoms with van der Waals surface area (Å²) in [7, 11) is 1.54. The Morgan fingerprint density at radius 3 is 2.82 bits per heavy atom. The molecule has 1 N–H and O–H groups in total. The minimum Gasteiger partial charge on any atom is -0.497 e. The summed E-state index contributed by atoms with van der Waals surface area (Å²) in [6, 6.07) is 5.02. The molecular formula is C13H20FNOS. The number of hydrogen-bond acceptors (Lipinski definition) is 3. The van der Waals surface area contributed by atoms with E-state index in [9.17, 15) is 4.39 Å². The number of methoxy groups -OCH3 is 1. The van der Waals surface area contributed by atoms with Crippen molar-refractivity contribution in [3.05, 3.63) is 29.6 Å². The van der Waals surface area contributed by atoms with Gasteiger partial charge in [0, 0.05) is 17.7 Å². The van der Waals surface area contributed by atoms with Crippen LogP contribution in [0.2, 0.25) is 0 Å². The van der Waals surface area contributed by atoms with Crippen LogP contribution in [-0.2, 0) is 0 Å². The van der Waals surface area contributed by atoms with Gasteiger partial charge in [0.2, 0.25) is 0 Å². The van der Waals surface area contributed by atoms with E-state index >= 15 is 0 Å². The Kier molecular flexibility index (Phi) is 6.37. The summed E-state index contributed by atoms with van der Waals surface area (Å²) in [5.41, 5.74) is 0.690. The maximum atomic E-state index is 13.7. The summed E-state index contributed by atoms with van der Waals surface area (Å²) < 4.78 is 18.7. The fraction of sp³-hybridized carbons (Fsp3) is 0.538. The molecule has 1 rings (SSSR count). The minimum atomic E-state index is -0.214. The number of nitrogens with one attached hydrogen (secondary N) is 1. The van der Waals surface area contributed by atoms with E-state index in [1.165, 1.54) is 6.07 Å². The van der Waals surface area contributed by atoms with Crippen molar-refractivity contribution in [1.82, 2.24) is 5.32 Å². The molecule has 0 saturated carbocycles. The van der Waals surface area contributed by atoms with Crippen molar-refractivity contribution in [1.29, 1.82) is 0 Å². The van der Waals surface area contributed by atoms with E-state index in [4.69, 9.17) is 4.74 Å². The van der Waals surface area contributed by atoms with Crippen molar-refractivity contribution in [3.63, 3.8) is 0 Å². The fourth-order valence-electron chi connectivity index (χ4n) is 1.63. The van der Waals surface area contributed by atoms with Crippen LogP contribution in [0.3, 0.4) is 0 Å². The lowest BCUT2D eigenvalue weighted by molar-refractivity contribution is 0.409. The molecule has 0 saturated heterocycles. The van der Waals surface area contributed by atoms with Crippen LogP contribution in [0.4, 0.5) is 4.39 Å². The Morgan fingerprint density at radius 1 is 1.47 bits per heavy atom. The van der Waals surface area contributed by atoms with Crippen LogP contribution >= 0.6 is 11.8 Å². The summed E-state index contributed by atoms with van der Waals surface area (Å²) in [5.74, 6) is 1.47. The first-order valence-electron chi connectivity index (χ1n) is 5.74. The van der Waals surface area contributed by atoms with Gasteiger partial charge in [0.05, 0.1) is 7.11 Å². The number of ether oxygens (including phenoxy) is 1. The normalized spacial score (nSPS) is 12.5. The molecule has 0 fully saturated rings. The Labute approximate surface area is 107 Å². The molecule has 0 spiro atoms. The third kappa shape index (κ3) is 4.56. The average Bonchev–Trinajstić information content (AvgIpc) is 2.34. The molecule has 0 bridgehead atoms. The van der Waals surface area contributed by atoms with E-state index in [-0.39, 0.29) is 11.9 Å². The van der Waals surface area contributed by atoms with E-state index in [1.807, 2.05) is 18.7 Å². The second-order valence-electron chi connectivity index (χ2n) is 3.91. The standard InChI is InChI=1S/C13H20FNOS/c1-10(15-7-4-8-17-3)12-6-5-11(16-2)9-13(12)14/h5-6,9-10,15H,4,7-8H2,1-3H3. The zero-order valence-electron chi connectivity index (χ0n) is 10.6. The number of benzene rings is 1. The van der Waals surface area contributed by atoms with Gasteiger partial charge >= 0.3 is 0 Å². The molecule has 0 aliphatic carbocycles. The molecule has 0 aromatic heterocycles. The third-order valence-corrected chi connectivity index (χ3v) is 3.35. The van der Waals surface area contributed by atoms with Gasteiger partial charge in [-0.25, -0.2) is 4.39 Å². The van der Waals surface area contributed by atoms with Gasteiger partial charge < -0.3 is 10.1 Å². The van der Waals surface area contributed by atoms with Crippen LogP contribution in [0.15, 0.2) is 18.2 Å². The highest BCUT2D eigenvalue weighted by Gasteiger charge is 2.10. The minimum absolute atomic E-state index is 0.0303. The van der Waals surface area contributed by atoms with Crippen molar-refractivity contribution >= 4 is 11.8 Å². The molecule has 0 heterocycles. The zero-order valence-corrected chi connectivity index (χ0v) is 11.4. The molecule has 2 nitrogen and oxygen atoms in total. The summed E-state index contributed by atoms with van der Waals surface area (Å²) in [4.78, 5) is 0. The van der Waals surface area contributed by atoms with Crippen molar-refractivity contribution in [2.45, 2.75) is 19.4 Å². The second-order valence-corrected chi connectivity index (χ2v) is 4.90. The van der Waals surface area contributed by atoms with Crippen molar-refractivity contribution in [3.8, 4) is 5.75 Å². The van der Waals surface area contributed by atoms with E-state index in [0.29, 0.717) is 11.3 Å². The lowest BCUT2D eigenvalue weighted by atomic mass is 10.1. The van der Waals surface area contributed by atoms with Crippen LogP contribution in [0.5, 0.6) is 5.75 Å². The molecular weight excluding hydrogens is 237 g/mol. The van der Waals surface area contributed by atoms with Gasteiger partial charge in [0.25, 0.3) is 0 Å². The largest absolute Gasteiger partial charge is 0.497 e. The smallest absolute Gasteiger partial charge is 0.131 e. The van der Waals surface area contributed by atoms with Crippen LogP contribution in [0, 0.1) is 5.82 Å². The Morgan fingerprint density at radius 2 is 2.24 bits per heavy atom. The van der Waals surface area contributed by atoms with Crippen molar-refractivity contribution in [2.24, 2.45) is 0 Å². The molecule has 0 radical (unpaired) electrons. The Balaban J connectivity index is 2.53. The molecule has 0 amide bonds. The third-order valence-electron chi connectivity index (χ3n) is 2.65. The first kappa shape index (κ1) is 14.3. The highest BCUT2D eigenvalue weighted by molar-refractivity contribution is 7.98. The molecule has 0 aliphatic rings. The highest BCUT2D eigenvalue weighted by Crippen LogP contribution is 2.21. The molecule has 1 aromatic rings.